The van der Waals surface area contributed by atoms with Crippen molar-refractivity contribution in [3.8, 4) is 0 Å². The van der Waals surface area contributed by atoms with E-state index in [1.165, 1.54) is 57.8 Å². The van der Waals surface area contributed by atoms with Gasteiger partial charge in [0.15, 0.2) is 0 Å². The number of nitrogens with one attached hydrogen (secondary N) is 1. The maximum absolute atomic E-state index is 6.43. The Balaban J connectivity index is 1.91. The average molecular weight is 225 g/mol. The second kappa shape index (κ2) is 6.02. The van der Waals surface area contributed by atoms with E-state index in [0.717, 1.165) is 13.1 Å². The Labute approximate surface area is 100 Å². The van der Waals surface area contributed by atoms with Crippen LogP contribution in [0.25, 0.3) is 0 Å². The van der Waals surface area contributed by atoms with Gasteiger partial charge >= 0.3 is 0 Å². The van der Waals surface area contributed by atoms with Gasteiger partial charge in [-0.15, -0.1) is 0 Å². The van der Waals surface area contributed by atoms with Gasteiger partial charge in [-0.2, -0.15) is 0 Å². The van der Waals surface area contributed by atoms with Crippen LogP contribution < -0.4 is 5.32 Å². The van der Waals surface area contributed by atoms with Crippen LogP contribution in [0.15, 0.2) is 0 Å². The topological polar surface area (TPSA) is 21.3 Å². The second-order valence-corrected chi connectivity index (χ2v) is 5.55. The first-order valence-electron chi connectivity index (χ1n) is 7.23. The Morgan fingerprint density at radius 3 is 2.25 bits per heavy atom. The zero-order valence-electron chi connectivity index (χ0n) is 10.8. The molecule has 1 N–H and O–H groups in total. The number of hydrogen-bond acceptors (Lipinski definition) is 2. The minimum atomic E-state index is 0.178. The summed E-state index contributed by atoms with van der Waals surface area (Å²) in [7, 11) is 0. The van der Waals surface area contributed by atoms with Crippen molar-refractivity contribution in [1.82, 2.24) is 5.32 Å². The highest BCUT2D eigenvalue weighted by molar-refractivity contribution is 4.88. The lowest BCUT2D eigenvalue weighted by Gasteiger charge is -2.40. The fourth-order valence-electron chi connectivity index (χ4n) is 2.90. The normalized spacial score (nSPS) is 26.1. The van der Waals surface area contributed by atoms with Gasteiger partial charge in [-0.3, -0.25) is 0 Å². The van der Waals surface area contributed by atoms with Crippen molar-refractivity contribution in [3.05, 3.63) is 0 Å². The zero-order chi connectivity index (χ0) is 11.3. The Morgan fingerprint density at radius 1 is 1.06 bits per heavy atom. The summed E-state index contributed by atoms with van der Waals surface area (Å²) in [6.07, 6.45) is 12.6. The molecule has 0 bridgehead atoms. The molecule has 2 aliphatic rings. The molecule has 0 radical (unpaired) electrons. The van der Waals surface area contributed by atoms with E-state index >= 15 is 0 Å². The lowest BCUT2D eigenvalue weighted by molar-refractivity contribution is -0.127. The lowest BCUT2D eigenvalue weighted by atomic mass is 9.90. The quantitative estimate of drug-likeness (QED) is 0.725. The molecule has 2 heteroatoms. The molecule has 0 unspecified atom stereocenters. The molecule has 2 aliphatic carbocycles. The van der Waals surface area contributed by atoms with Crippen molar-refractivity contribution >= 4 is 0 Å². The molecule has 0 spiro atoms. The zero-order valence-corrected chi connectivity index (χ0v) is 10.8. The molecule has 2 rings (SSSR count). The molecule has 2 saturated carbocycles. The molecule has 0 atom stereocenters. The number of hydrogen-bond donors (Lipinski definition) is 1. The molecule has 2 fully saturated rings. The minimum absolute atomic E-state index is 0.178. The first-order chi connectivity index (χ1) is 7.85. The maximum atomic E-state index is 6.43. The molecular weight excluding hydrogens is 198 g/mol. The molecular formula is C14H27NO. The molecule has 0 aromatic heterocycles. The maximum Gasteiger partial charge on any atom is 0.0810 e. The first-order valence-corrected chi connectivity index (χ1v) is 7.23. The lowest BCUT2D eigenvalue weighted by Crippen LogP contribution is -2.46. The standard InChI is InChI=1S/C14H27NO/c1-2-15-12-14(16-13-8-7-9-13)10-5-3-4-6-11-14/h13,15H,2-12H2,1H3. The molecule has 0 aromatic rings. The highest BCUT2D eigenvalue weighted by Crippen LogP contribution is 2.35. The number of ether oxygens (including phenoxy) is 1. The van der Waals surface area contributed by atoms with E-state index in [-0.39, 0.29) is 5.60 Å². The van der Waals surface area contributed by atoms with Gasteiger partial charge in [-0.1, -0.05) is 32.6 Å². The highest BCUT2D eigenvalue weighted by atomic mass is 16.5. The summed E-state index contributed by atoms with van der Waals surface area (Å²) in [6, 6.07) is 0. The third-order valence-electron chi connectivity index (χ3n) is 4.18. The van der Waals surface area contributed by atoms with Crippen LogP contribution >= 0.6 is 0 Å². The molecule has 0 heterocycles. The smallest absolute Gasteiger partial charge is 0.0810 e. The van der Waals surface area contributed by atoms with Gasteiger partial charge in [0, 0.05) is 6.54 Å². The van der Waals surface area contributed by atoms with Crippen molar-refractivity contribution in [3.63, 3.8) is 0 Å². The largest absolute Gasteiger partial charge is 0.370 e. The van der Waals surface area contributed by atoms with Crippen LogP contribution in [0.5, 0.6) is 0 Å². The van der Waals surface area contributed by atoms with Gasteiger partial charge in [0.05, 0.1) is 11.7 Å². The van der Waals surface area contributed by atoms with Crippen molar-refractivity contribution in [2.45, 2.75) is 76.4 Å². The van der Waals surface area contributed by atoms with E-state index in [0.29, 0.717) is 6.10 Å². The molecule has 0 aliphatic heterocycles. The highest BCUT2D eigenvalue weighted by Gasteiger charge is 2.35. The van der Waals surface area contributed by atoms with Gasteiger partial charge in [-0.05, 0) is 38.6 Å². The van der Waals surface area contributed by atoms with Gasteiger partial charge in [0.2, 0.25) is 0 Å². The van der Waals surface area contributed by atoms with Crippen LogP contribution in [-0.4, -0.2) is 24.8 Å². The molecule has 0 saturated heterocycles. The summed E-state index contributed by atoms with van der Waals surface area (Å²) >= 11 is 0. The van der Waals surface area contributed by atoms with Crippen molar-refractivity contribution in [2.75, 3.05) is 13.1 Å². The first kappa shape index (κ1) is 12.4. The Kier molecular flexibility index (Phi) is 4.66. The average Bonchev–Trinajstić information content (AvgIpc) is 2.47. The SMILES string of the molecule is CCNCC1(OC2CCC2)CCCCCC1. The third kappa shape index (κ3) is 3.21. The van der Waals surface area contributed by atoms with Gasteiger partial charge in [-0.25, -0.2) is 0 Å². The van der Waals surface area contributed by atoms with Gasteiger partial charge in [0.25, 0.3) is 0 Å². The summed E-state index contributed by atoms with van der Waals surface area (Å²) < 4.78 is 6.43. The summed E-state index contributed by atoms with van der Waals surface area (Å²) in [4.78, 5) is 0. The van der Waals surface area contributed by atoms with Gasteiger partial charge in [0.1, 0.15) is 0 Å². The number of rotatable bonds is 5. The minimum Gasteiger partial charge on any atom is -0.370 e. The molecule has 0 aromatic carbocycles. The van der Waals surface area contributed by atoms with Crippen LogP contribution in [0.4, 0.5) is 0 Å². The van der Waals surface area contributed by atoms with Crippen LogP contribution in [-0.2, 0) is 4.74 Å². The summed E-state index contributed by atoms with van der Waals surface area (Å²) in [5.41, 5.74) is 0.178. The summed E-state index contributed by atoms with van der Waals surface area (Å²) in [5, 5.41) is 3.52. The summed E-state index contributed by atoms with van der Waals surface area (Å²) in [5.74, 6) is 0. The Morgan fingerprint density at radius 2 is 1.75 bits per heavy atom. The summed E-state index contributed by atoms with van der Waals surface area (Å²) in [6.45, 7) is 4.32. The van der Waals surface area contributed by atoms with Crippen molar-refractivity contribution in [2.24, 2.45) is 0 Å². The monoisotopic (exact) mass is 225 g/mol. The Hall–Kier alpha value is -0.0800. The Bertz CT molecular complexity index is 193. The van der Waals surface area contributed by atoms with Crippen LogP contribution in [0.1, 0.15) is 64.7 Å². The molecule has 94 valence electrons. The number of likely N-dealkylation sites (N-methyl/N-ethyl adjacent to an activating group) is 1. The predicted octanol–water partition coefficient (Wildman–Crippen LogP) is 3.26. The fraction of sp³-hybridized carbons (Fsp3) is 1.00. The van der Waals surface area contributed by atoms with E-state index in [1.54, 1.807) is 0 Å². The molecule has 0 amide bonds. The van der Waals surface area contributed by atoms with Crippen molar-refractivity contribution in [1.29, 1.82) is 0 Å². The second-order valence-electron chi connectivity index (χ2n) is 5.55. The molecule has 16 heavy (non-hydrogen) atoms. The third-order valence-corrected chi connectivity index (χ3v) is 4.18. The van der Waals surface area contributed by atoms with Crippen LogP contribution in [0.3, 0.4) is 0 Å². The predicted molar refractivity (Wildman–Crippen MR) is 67.7 cm³/mol. The van der Waals surface area contributed by atoms with E-state index < -0.39 is 0 Å². The van der Waals surface area contributed by atoms with E-state index in [9.17, 15) is 0 Å². The van der Waals surface area contributed by atoms with Crippen LogP contribution in [0, 0.1) is 0 Å². The van der Waals surface area contributed by atoms with Crippen LogP contribution in [0.2, 0.25) is 0 Å². The fourth-order valence-corrected chi connectivity index (χ4v) is 2.90. The molecule has 2 nitrogen and oxygen atoms in total. The van der Waals surface area contributed by atoms with E-state index in [2.05, 4.69) is 12.2 Å². The van der Waals surface area contributed by atoms with Crippen molar-refractivity contribution < 1.29 is 4.74 Å². The van der Waals surface area contributed by atoms with E-state index in [4.69, 9.17) is 4.74 Å². The van der Waals surface area contributed by atoms with E-state index in [1.807, 2.05) is 0 Å². The van der Waals surface area contributed by atoms with Gasteiger partial charge < -0.3 is 10.1 Å².